The second-order valence-corrected chi connectivity index (χ2v) is 24.1. The third-order valence-corrected chi connectivity index (χ3v) is 20.3. The zero-order valence-corrected chi connectivity index (χ0v) is 36.3. The van der Waals surface area contributed by atoms with Gasteiger partial charge in [-0.3, -0.25) is 9.88 Å². The van der Waals surface area contributed by atoms with Crippen LogP contribution in [0.15, 0.2) is 48.8 Å². The molecule has 5 aromatic rings. The number of hydrogen-bond acceptors (Lipinski definition) is 9. The Hall–Kier alpha value is -4.77. The average molecular weight is 834 g/mol. The Bertz CT molecular complexity index is 2490. The number of aromatic hydroxyl groups is 1. The van der Waals surface area contributed by atoms with Gasteiger partial charge in [-0.2, -0.15) is 9.97 Å². The summed E-state index contributed by atoms with van der Waals surface area (Å²) in [6.45, 7) is 15.8. The average Bonchev–Trinajstić information content (AvgIpc) is 3.87. The van der Waals surface area contributed by atoms with Crippen molar-refractivity contribution >= 4 is 35.6 Å². The van der Waals surface area contributed by atoms with Crippen molar-refractivity contribution in [3.05, 3.63) is 66.0 Å². The zero-order chi connectivity index (χ0) is 42.1. The Morgan fingerprint density at radius 3 is 2.40 bits per heavy atom. The molecule has 4 atom stereocenters. The summed E-state index contributed by atoms with van der Waals surface area (Å²) in [5, 5.41) is 16.1. The van der Waals surface area contributed by atoms with E-state index in [1.165, 1.54) is 12.1 Å². The third-order valence-electron chi connectivity index (χ3n) is 14.0. The highest BCUT2D eigenvalue weighted by Gasteiger charge is 2.49. The molecule has 2 N–H and O–H groups in total. The molecule has 9 rings (SSSR count). The molecule has 60 heavy (non-hydrogen) atoms. The molecular weight excluding hydrogens is 780 g/mol. The Morgan fingerprint density at radius 2 is 1.70 bits per heavy atom. The van der Waals surface area contributed by atoms with Crippen molar-refractivity contribution in [3.63, 3.8) is 0 Å². The van der Waals surface area contributed by atoms with E-state index in [4.69, 9.17) is 19.7 Å². The van der Waals surface area contributed by atoms with Crippen molar-refractivity contribution in [3.8, 4) is 45.7 Å². The fourth-order valence-corrected chi connectivity index (χ4v) is 16.5. The van der Waals surface area contributed by atoms with Crippen molar-refractivity contribution in [2.45, 2.75) is 114 Å². The molecule has 0 amide bonds. The summed E-state index contributed by atoms with van der Waals surface area (Å²) in [6, 6.07) is 10.0. The van der Waals surface area contributed by atoms with Gasteiger partial charge in [0.05, 0.1) is 22.2 Å². The van der Waals surface area contributed by atoms with Crippen molar-refractivity contribution in [1.82, 2.24) is 30.2 Å². The summed E-state index contributed by atoms with van der Waals surface area (Å²) in [5.74, 6) is 2.39. The number of benzene rings is 2. The lowest BCUT2D eigenvalue weighted by Gasteiger charge is -2.38. The number of aromatic nitrogens is 4. The van der Waals surface area contributed by atoms with Gasteiger partial charge in [-0.15, -0.1) is 5.54 Å². The number of rotatable bonds is 9. The smallest absolute Gasteiger partial charge is 0.319 e. The maximum atomic E-state index is 18.0. The summed E-state index contributed by atoms with van der Waals surface area (Å²) in [4.78, 5) is 23.7. The number of alkyl halides is 1. The first-order valence-corrected chi connectivity index (χ1v) is 23.8. The topological polar surface area (TPSA) is 99.5 Å². The van der Waals surface area contributed by atoms with Crippen LogP contribution in [-0.4, -0.2) is 94.6 Å². The normalized spacial score (nSPS) is 23.0. The summed E-state index contributed by atoms with van der Waals surface area (Å²) in [5.41, 5.74) is 5.27. The summed E-state index contributed by atoms with van der Waals surface area (Å²) in [6.07, 6.45) is 6.54. The highest BCUT2D eigenvalue weighted by molar-refractivity contribution is 6.90. The van der Waals surface area contributed by atoms with Gasteiger partial charge in [0.15, 0.2) is 5.82 Å². The molecule has 0 radical (unpaired) electrons. The predicted octanol–water partition coefficient (Wildman–Crippen LogP) is 9.36. The van der Waals surface area contributed by atoms with Gasteiger partial charge in [-0.1, -0.05) is 53.5 Å². The van der Waals surface area contributed by atoms with Crippen LogP contribution in [0.1, 0.15) is 79.2 Å². The third kappa shape index (κ3) is 6.88. The van der Waals surface area contributed by atoms with Crippen LogP contribution in [-0.2, 0) is 0 Å². The molecule has 4 aliphatic heterocycles. The van der Waals surface area contributed by atoms with Crippen LogP contribution in [0, 0.1) is 23.1 Å². The van der Waals surface area contributed by atoms with E-state index in [0.717, 1.165) is 32.2 Å². The summed E-state index contributed by atoms with van der Waals surface area (Å²) < 4.78 is 55.7. The van der Waals surface area contributed by atoms with Gasteiger partial charge in [-0.25, -0.2) is 18.2 Å². The molecule has 0 aliphatic carbocycles. The van der Waals surface area contributed by atoms with Gasteiger partial charge in [0.25, 0.3) is 0 Å². The molecule has 2 aromatic carbocycles. The predicted molar refractivity (Wildman–Crippen MR) is 234 cm³/mol. The van der Waals surface area contributed by atoms with E-state index in [-0.39, 0.29) is 52.8 Å². The molecule has 9 nitrogen and oxygen atoms in total. The summed E-state index contributed by atoms with van der Waals surface area (Å²) >= 11 is 0. The largest absolute Gasteiger partial charge is 0.508 e. The minimum Gasteiger partial charge on any atom is -0.508 e. The van der Waals surface area contributed by atoms with Gasteiger partial charge >= 0.3 is 6.01 Å². The monoisotopic (exact) mass is 833 g/mol. The molecule has 7 heterocycles. The Labute approximate surface area is 351 Å². The molecule has 4 saturated heterocycles. The summed E-state index contributed by atoms with van der Waals surface area (Å²) in [7, 11) is -2.33. The first-order chi connectivity index (χ1) is 28.8. The fraction of sp³-hybridized carbons (Fsp3) is 0.489. The van der Waals surface area contributed by atoms with Gasteiger partial charge in [-0.05, 0) is 84.6 Å². The number of nitrogens with one attached hydrogen (secondary N) is 1. The number of nitrogens with zero attached hydrogens (tertiary/aromatic N) is 6. The molecule has 3 aromatic heterocycles. The van der Waals surface area contributed by atoms with Crippen LogP contribution in [0.5, 0.6) is 11.8 Å². The molecule has 314 valence electrons. The van der Waals surface area contributed by atoms with Crippen molar-refractivity contribution in [1.29, 1.82) is 0 Å². The molecule has 4 fully saturated rings. The van der Waals surface area contributed by atoms with Crippen LogP contribution < -0.4 is 15.0 Å². The molecular formula is C47H54F3N7O2Si. The van der Waals surface area contributed by atoms with E-state index in [9.17, 15) is 9.50 Å². The second-order valence-electron chi connectivity index (χ2n) is 18.5. The lowest BCUT2D eigenvalue weighted by Crippen LogP contribution is -2.51. The fourth-order valence-electron chi connectivity index (χ4n) is 11.3. The van der Waals surface area contributed by atoms with Crippen molar-refractivity contribution in [2.24, 2.45) is 0 Å². The zero-order valence-electron chi connectivity index (χ0n) is 35.3. The first-order valence-electron chi connectivity index (χ1n) is 21.6. The van der Waals surface area contributed by atoms with E-state index >= 15 is 8.78 Å². The maximum absolute atomic E-state index is 18.0. The molecule has 0 saturated carbocycles. The minimum atomic E-state index is -2.33. The van der Waals surface area contributed by atoms with Crippen LogP contribution in [0.25, 0.3) is 44.2 Å². The number of halogens is 3. The number of anilines is 1. The molecule has 0 spiro atoms. The van der Waals surface area contributed by atoms with Gasteiger partial charge in [0.2, 0.25) is 0 Å². The first kappa shape index (κ1) is 40.6. The Kier molecular flexibility index (Phi) is 10.6. The highest BCUT2D eigenvalue weighted by Crippen LogP contribution is 2.45. The van der Waals surface area contributed by atoms with Crippen LogP contribution in [0.2, 0.25) is 16.6 Å². The Morgan fingerprint density at radius 1 is 0.950 bits per heavy atom. The molecule has 0 unspecified atom stereocenters. The number of phenols is 1. The van der Waals surface area contributed by atoms with E-state index in [0.29, 0.717) is 75.9 Å². The van der Waals surface area contributed by atoms with Crippen LogP contribution >= 0.6 is 0 Å². The van der Waals surface area contributed by atoms with E-state index in [1.54, 1.807) is 30.6 Å². The number of fused-ring (bicyclic) bond motifs is 5. The van der Waals surface area contributed by atoms with Crippen LogP contribution in [0.4, 0.5) is 19.0 Å². The van der Waals surface area contributed by atoms with Crippen LogP contribution in [0.3, 0.4) is 0 Å². The Balaban J connectivity index is 1.30. The van der Waals surface area contributed by atoms with E-state index in [1.807, 2.05) is 6.07 Å². The highest BCUT2D eigenvalue weighted by atomic mass is 28.3. The van der Waals surface area contributed by atoms with Crippen molar-refractivity contribution < 1.29 is 23.0 Å². The van der Waals surface area contributed by atoms with Gasteiger partial charge < -0.3 is 20.1 Å². The van der Waals surface area contributed by atoms with E-state index in [2.05, 4.69) is 73.1 Å². The number of piperazine rings is 1. The van der Waals surface area contributed by atoms with Crippen molar-refractivity contribution in [2.75, 3.05) is 37.7 Å². The minimum absolute atomic E-state index is 0.00387. The quantitative estimate of drug-likeness (QED) is 0.111. The number of phenolic OH excluding ortho intramolecular Hbond substituents is 1. The molecule has 13 heteroatoms. The number of pyridine rings is 2. The molecule has 4 aliphatic rings. The lowest BCUT2D eigenvalue weighted by molar-refractivity contribution is 0.107. The van der Waals surface area contributed by atoms with E-state index < -0.39 is 31.4 Å². The molecule has 2 bridgehead atoms. The SMILES string of the molecule is CC(C)[Si](C#Cc1c(F)ccc2cc(O)cc(-c3nc(-c4cccnc4)c4c(N5C[C@H]6CC[C@@H](C5)N6)nc(OC[C@@]56CCCN5C[C@H](F)C6)nc4c3F)c12)(C(C)C)C(C)C. The number of hydrogen-bond donors (Lipinski definition) is 2. The lowest BCUT2D eigenvalue weighted by atomic mass is 9.95. The second kappa shape index (κ2) is 15.6. The number of ether oxygens (including phenoxy) is 1. The maximum Gasteiger partial charge on any atom is 0.319 e. The van der Waals surface area contributed by atoms with Gasteiger partial charge in [0.1, 0.15) is 49.4 Å². The standard InChI is InChI=1S/C47H54F3N7O2Si/c1-27(2)60(28(3)4,29(5)6)18-14-36-38(49)13-10-30-19-35(58)20-37(39(30)36)43-41(50)44-40(42(53-43)31-9-7-16-51-22-31)45(56-24-33-11-12-34(25-56)52-33)55-46(54-44)59-26-47-15-8-17-57(47)23-32(48)21-47/h7,9-10,13,16,19-20,22,27-29,32-34,52,58H,8,11-12,15,17,21,23-26H2,1-6H3/t32-,33-,34+,47+/m1/s1. The van der Waals surface area contributed by atoms with Gasteiger partial charge in [0, 0.05) is 67.0 Å².